The van der Waals surface area contributed by atoms with Crippen LogP contribution in [0.5, 0.6) is 5.75 Å². The average Bonchev–Trinajstić information content (AvgIpc) is 2.54. The second kappa shape index (κ2) is 7.64. The number of piperazine rings is 1. The maximum Gasteiger partial charge on any atom is 0.243 e. The number of benzene rings is 1. The van der Waals surface area contributed by atoms with Crippen molar-refractivity contribution in [3.63, 3.8) is 0 Å². The molecule has 0 bridgehead atoms. The first-order valence-electron chi connectivity index (χ1n) is 8.28. The summed E-state index contributed by atoms with van der Waals surface area (Å²) in [6, 6.07) is 3.53. The quantitative estimate of drug-likeness (QED) is 0.798. The molecule has 0 N–H and O–H groups in total. The monoisotopic (exact) mass is 340 g/mol. The third-order valence-corrected chi connectivity index (χ3v) is 6.51. The Morgan fingerprint density at radius 2 is 1.74 bits per heavy atom. The van der Waals surface area contributed by atoms with Gasteiger partial charge in [-0.25, -0.2) is 8.42 Å². The third-order valence-electron chi connectivity index (χ3n) is 4.47. The van der Waals surface area contributed by atoms with E-state index in [2.05, 4.69) is 11.8 Å². The summed E-state index contributed by atoms with van der Waals surface area (Å²) >= 11 is 0. The number of rotatable bonds is 6. The molecule has 0 radical (unpaired) electrons. The lowest BCUT2D eigenvalue weighted by Crippen LogP contribution is -2.48. The van der Waals surface area contributed by atoms with Gasteiger partial charge in [-0.05, 0) is 50.1 Å². The highest BCUT2D eigenvalue weighted by Gasteiger charge is 2.29. The Bertz CT molecular complexity index is 635. The van der Waals surface area contributed by atoms with E-state index in [1.165, 1.54) is 12.8 Å². The molecule has 1 aliphatic rings. The van der Waals surface area contributed by atoms with Gasteiger partial charge in [0.1, 0.15) is 5.75 Å². The molecular formula is C17H28N2O3S. The van der Waals surface area contributed by atoms with Gasteiger partial charge < -0.3 is 9.64 Å². The predicted octanol–water partition coefficient (Wildman–Crippen LogP) is 2.42. The molecule has 1 saturated heterocycles. The molecule has 1 fully saturated rings. The van der Waals surface area contributed by atoms with Crippen molar-refractivity contribution in [2.45, 2.75) is 38.5 Å². The Kier molecular flexibility index (Phi) is 6.06. The van der Waals surface area contributed by atoms with E-state index in [-0.39, 0.29) is 0 Å². The molecule has 0 amide bonds. The van der Waals surface area contributed by atoms with Gasteiger partial charge in [0.15, 0.2) is 0 Å². The normalized spacial score (nSPS) is 17.4. The minimum Gasteiger partial charge on any atom is -0.496 e. The molecule has 0 spiro atoms. The second-order valence-electron chi connectivity index (χ2n) is 6.19. The minimum atomic E-state index is -3.43. The van der Waals surface area contributed by atoms with E-state index in [1.54, 1.807) is 23.5 Å². The molecule has 2 rings (SSSR count). The van der Waals surface area contributed by atoms with Crippen LogP contribution in [0.15, 0.2) is 17.0 Å². The van der Waals surface area contributed by atoms with Gasteiger partial charge in [0.25, 0.3) is 0 Å². The van der Waals surface area contributed by atoms with E-state index in [0.29, 0.717) is 18.0 Å². The van der Waals surface area contributed by atoms with Crippen molar-refractivity contribution in [2.24, 2.45) is 0 Å². The van der Waals surface area contributed by atoms with Crippen LogP contribution in [0.2, 0.25) is 0 Å². The molecule has 0 aromatic heterocycles. The van der Waals surface area contributed by atoms with Crippen LogP contribution >= 0.6 is 0 Å². The highest BCUT2D eigenvalue weighted by atomic mass is 32.2. The van der Waals surface area contributed by atoms with Gasteiger partial charge >= 0.3 is 0 Å². The van der Waals surface area contributed by atoms with Gasteiger partial charge in [-0.15, -0.1) is 0 Å². The minimum absolute atomic E-state index is 0.401. The second-order valence-corrected chi connectivity index (χ2v) is 8.09. The Morgan fingerprint density at radius 3 is 2.30 bits per heavy atom. The number of sulfonamides is 1. The summed E-state index contributed by atoms with van der Waals surface area (Å²) < 4.78 is 32.8. The van der Waals surface area contributed by atoms with Crippen LogP contribution in [0.4, 0.5) is 0 Å². The lowest BCUT2D eigenvalue weighted by atomic mass is 10.1. The zero-order chi connectivity index (χ0) is 17.0. The van der Waals surface area contributed by atoms with Crippen LogP contribution in [0, 0.1) is 13.8 Å². The van der Waals surface area contributed by atoms with Crippen LogP contribution in [-0.2, 0) is 10.0 Å². The van der Waals surface area contributed by atoms with Crippen LogP contribution < -0.4 is 4.74 Å². The fourth-order valence-corrected chi connectivity index (χ4v) is 4.69. The van der Waals surface area contributed by atoms with Crippen molar-refractivity contribution in [3.05, 3.63) is 23.3 Å². The summed E-state index contributed by atoms with van der Waals surface area (Å²) in [5, 5.41) is 0. The number of methoxy groups -OCH3 is 1. The van der Waals surface area contributed by atoms with Crippen molar-refractivity contribution in [3.8, 4) is 5.75 Å². The first-order valence-corrected chi connectivity index (χ1v) is 9.72. The van der Waals surface area contributed by atoms with Crippen molar-refractivity contribution in [1.82, 2.24) is 9.21 Å². The van der Waals surface area contributed by atoms with Crippen molar-refractivity contribution < 1.29 is 13.2 Å². The summed E-state index contributed by atoms with van der Waals surface area (Å²) in [4.78, 5) is 2.75. The molecule has 0 aliphatic carbocycles. The number of hydrogen-bond acceptors (Lipinski definition) is 4. The van der Waals surface area contributed by atoms with E-state index in [9.17, 15) is 8.42 Å². The summed E-state index contributed by atoms with van der Waals surface area (Å²) in [5.74, 6) is 0.728. The fourth-order valence-electron chi connectivity index (χ4n) is 2.98. The first kappa shape index (κ1) is 18.2. The highest BCUT2D eigenvalue weighted by Crippen LogP contribution is 2.28. The van der Waals surface area contributed by atoms with Gasteiger partial charge in [-0.1, -0.05) is 13.3 Å². The van der Waals surface area contributed by atoms with E-state index >= 15 is 0 Å². The Balaban J connectivity index is 2.15. The summed E-state index contributed by atoms with van der Waals surface area (Å²) in [5.41, 5.74) is 1.58. The smallest absolute Gasteiger partial charge is 0.243 e. The molecule has 1 aliphatic heterocycles. The van der Waals surface area contributed by atoms with E-state index in [1.807, 2.05) is 13.8 Å². The van der Waals surface area contributed by atoms with Gasteiger partial charge in [-0.2, -0.15) is 4.31 Å². The number of ether oxygens (including phenoxy) is 1. The standard InChI is InChI=1S/C17H28N2O3S/c1-5-6-7-18-8-10-19(11-9-18)23(20,21)17-13-14(2)16(22-4)12-15(17)3/h12-13H,5-11H2,1-4H3. The highest BCUT2D eigenvalue weighted by molar-refractivity contribution is 7.89. The number of hydrogen-bond donors (Lipinski definition) is 0. The summed E-state index contributed by atoms with van der Waals surface area (Å²) in [7, 11) is -1.83. The lowest BCUT2D eigenvalue weighted by Gasteiger charge is -2.34. The van der Waals surface area contributed by atoms with Gasteiger partial charge in [0.2, 0.25) is 10.0 Å². The largest absolute Gasteiger partial charge is 0.496 e. The SMILES string of the molecule is CCCCN1CCN(S(=O)(=O)c2cc(C)c(OC)cc2C)CC1. The van der Waals surface area contributed by atoms with Gasteiger partial charge in [-0.3, -0.25) is 0 Å². The molecule has 1 heterocycles. The molecule has 130 valence electrons. The number of unbranched alkanes of at least 4 members (excludes halogenated alkanes) is 1. The van der Waals surface area contributed by atoms with Gasteiger partial charge in [0.05, 0.1) is 12.0 Å². The van der Waals surface area contributed by atoms with E-state index in [4.69, 9.17) is 4.74 Å². The maximum absolute atomic E-state index is 12.9. The Morgan fingerprint density at radius 1 is 1.09 bits per heavy atom. The van der Waals surface area contributed by atoms with Gasteiger partial charge in [0, 0.05) is 26.2 Å². The zero-order valence-corrected chi connectivity index (χ0v) is 15.4. The van der Waals surface area contributed by atoms with Crippen LogP contribution in [-0.4, -0.2) is 57.5 Å². The van der Waals surface area contributed by atoms with E-state index < -0.39 is 10.0 Å². The molecule has 23 heavy (non-hydrogen) atoms. The van der Waals surface area contributed by atoms with Crippen LogP contribution in [0.1, 0.15) is 30.9 Å². The summed E-state index contributed by atoms with van der Waals surface area (Å²) in [6.45, 7) is 9.70. The van der Waals surface area contributed by atoms with Crippen molar-refractivity contribution in [2.75, 3.05) is 39.8 Å². The maximum atomic E-state index is 12.9. The molecule has 1 aromatic rings. The van der Waals surface area contributed by atoms with Crippen LogP contribution in [0.25, 0.3) is 0 Å². The Labute approximate surface area is 140 Å². The van der Waals surface area contributed by atoms with Crippen molar-refractivity contribution in [1.29, 1.82) is 0 Å². The molecule has 1 aromatic carbocycles. The zero-order valence-electron chi connectivity index (χ0n) is 14.6. The number of aryl methyl sites for hydroxylation is 2. The molecule has 6 heteroatoms. The summed E-state index contributed by atoms with van der Waals surface area (Å²) in [6.07, 6.45) is 2.34. The Hall–Kier alpha value is -1.11. The topological polar surface area (TPSA) is 49.9 Å². The first-order chi connectivity index (χ1) is 10.9. The van der Waals surface area contributed by atoms with Crippen LogP contribution in [0.3, 0.4) is 0 Å². The van der Waals surface area contributed by atoms with Crippen molar-refractivity contribution >= 4 is 10.0 Å². The predicted molar refractivity (Wildman–Crippen MR) is 92.6 cm³/mol. The average molecular weight is 340 g/mol. The molecule has 5 nitrogen and oxygen atoms in total. The lowest BCUT2D eigenvalue weighted by molar-refractivity contribution is 0.186. The fraction of sp³-hybridized carbons (Fsp3) is 0.647. The molecule has 0 unspecified atom stereocenters. The molecule has 0 atom stereocenters. The molecular weight excluding hydrogens is 312 g/mol. The van der Waals surface area contributed by atoms with E-state index in [0.717, 1.165) is 36.5 Å². The third kappa shape index (κ3) is 4.05. The number of nitrogens with zero attached hydrogens (tertiary/aromatic N) is 2. The molecule has 0 saturated carbocycles.